The minimum absolute atomic E-state index is 0.000147. The maximum Gasteiger partial charge on any atom is 0.210 e. The van der Waals surface area contributed by atoms with E-state index in [9.17, 15) is 13.2 Å². The average molecular weight is 276 g/mol. The zero-order chi connectivity index (χ0) is 14.3. The third-order valence-electron chi connectivity index (χ3n) is 2.16. The van der Waals surface area contributed by atoms with Crippen LogP contribution in [0, 0.1) is 17.5 Å². The predicted molar refractivity (Wildman–Crippen MR) is 66.1 cm³/mol. The number of ether oxygens (including phenoxy) is 1. The second kappa shape index (κ2) is 7.59. The first-order chi connectivity index (χ1) is 9.08. The molecule has 0 heterocycles. The van der Waals surface area contributed by atoms with Crippen molar-refractivity contribution in [3.63, 3.8) is 0 Å². The third-order valence-corrected chi connectivity index (χ3v) is 2.16. The van der Waals surface area contributed by atoms with Gasteiger partial charge in [-0.3, -0.25) is 10.4 Å². The van der Waals surface area contributed by atoms with E-state index in [0.717, 1.165) is 12.1 Å². The second-order valence-corrected chi connectivity index (χ2v) is 3.60. The van der Waals surface area contributed by atoms with Gasteiger partial charge in [0.25, 0.3) is 0 Å². The topological polar surface area (TPSA) is 71.7 Å². The van der Waals surface area contributed by atoms with Crippen molar-refractivity contribution in [3.8, 4) is 0 Å². The molecule has 0 fully saturated rings. The van der Waals surface area contributed by atoms with Crippen molar-refractivity contribution < 1.29 is 17.9 Å². The van der Waals surface area contributed by atoms with E-state index < -0.39 is 17.5 Å². The molecule has 4 N–H and O–H groups in total. The summed E-state index contributed by atoms with van der Waals surface area (Å²) in [5.41, 5.74) is 2.24. The molecule has 0 amide bonds. The van der Waals surface area contributed by atoms with E-state index in [-0.39, 0.29) is 11.6 Å². The van der Waals surface area contributed by atoms with E-state index in [1.807, 2.05) is 0 Å². The number of benzene rings is 1. The molecule has 0 radical (unpaired) electrons. The molecule has 0 saturated carbocycles. The Hall–Kier alpha value is -1.80. The van der Waals surface area contributed by atoms with Gasteiger partial charge in [-0.2, -0.15) is 0 Å². The fraction of sp³-hybridized carbons (Fsp3) is 0.364. The Labute approximate surface area is 108 Å². The Morgan fingerprint density at radius 1 is 1.32 bits per heavy atom. The summed E-state index contributed by atoms with van der Waals surface area (Å²) in [5, 5.41) is 2.54. The molecule has 0 spiro atoms. The number of aliphatic imine (C=N–C) groups is 1. The van der Waals surface area contributed by atoms with Crippen LogP contribution in [0.3, 0.4) is 0 Å². The number of guanidine groups is 1. The van der Waals surface area contributed by atoms with Crippen molar-refractivity contribution >= 4 is 11.6 Å². The molecule has 1 aromatic carbocycles. The van der Waals surface area contributed by atoms with Gasteiger partial charge in [-0.15, -0.1) is 0 Å². The Morgan fingerprint density at radius 3 is 2.47 bits per heavy atom. The van der Waals surface area contributed by atoms with Crippen LogP contribution in [0.15, 0.2) is 17.1 Å². The van der Waals surface area contributed by atoms with E-state index in [2.05, 4.69) is 15.7 Å². The highest BCUT2D eigenvalue weighted by atomic mass is 19.2. The van der Waals surface area contributed by atoms with Crippen LogP contribution in [-0.4, -0.2) is 26.2 Å². The number of hydrogen-bond acceptors (Lipinski definition) is 3. The van der Waals surface area contributed by atoms with Gasteiger partial charge in [-0.1, -0.05) is 0 Å². The largest absolute Gasteiger partial charge is 0.385 e. The number of hydrogen-bond donors (Lipinski definition) is 3. The van der Waals surface area contributed by atoms with E-state index in [1.165, 1.54) is 0 Å². The zero-order valence-corrected chi connectivity index (χ0v) is 10.3. The van der Waals surface area contributed by atoms with Crippen LogP contribution < -0.4 is 16.6 Å². The molecule has 106 valence electrons. The van der Waals surface area contributed by atoms with Gasteiger partial charge >= 0.3 is 0 Å². The van der Waals surface area contributed by atoms with Crippen LogP contribution in [0.5, 0.6) is 0 Å². The monoisotopic (exact) mass is 276 g/mol. The molecule has 0 aliphatic rings. The SMILES string of the molecule is COCCCN=C(NN)Nc1cc(F)c(F)c(F)c1. The fourth-order valence-electron chi connectivity index (χ4n) is 1.29. The van der Waals surface area contributed by atoms with Crippen molar-refractivity contribution in [1.29, 1.82) is 0 Å². The molecular weight excluding hydrogens is 261 g/mol. The van der Waals surface area contributed by atoms with Gasteiger partial charge in [0.1, 0.15) is 0 Å². The van der Waals surface area contributed by atoms with E-state index in [0.29, 0.717) is 19.6 Å². The quantitative estimate of drug-likeness (QED) is 0.190. The summed E-state index contributed by atoms with van der Waals surface area (Å²) in [4.78, 5) is 4.01. The number of nitrogens with zero attached hydrogens (tertiary/aromatic N) is 1. The maximum absolute atomic E-state index is 13.0. The number of hydrazine groups is 1. The number of methoxy groups -OCH3 is 1. The van der Waals surface area contributed by atoms with Crippen molar-refractivity contribution in [2.24, 2.45) is 10.8 Å². The molecule has 0 bridgehead atoms. The molecule has 0 aliphatic carbocycles. The van der Waals surface area contributed by atoms with Gasteiger partial charge in [-0.25, -0.2) is 19.0 Å². The van der Waals surface area contributed by atoms with Crippen LogP contribution in [-0.2, 0) is 4.74 Å². The average Bonchev–Trinajstić information content (AvgIpc) is 2.39. The summed E-state index contributed by atoms with van der Waals surface area (Å²) < 4.78 is 43.6. The van der Waals surface area contributed by atoms with Crippen molar-refractivity contribution in [3.05, 3.63) is 29.6 Å². The normalized spacial score (nSPS) is 11.5. The molecule has 5 nitrogen and oxygen atoms in total. The van der Waals surface area contributed by atoms with Crippen LogP contribution in [0.2, 0.25) is 0 Å². The van der Waals surface area contributed by atoms with Crippen LogP contribution in [0.1, 0.15) is 6.42 Å². The van der Waals surface area contributed by atoms with Crippen LogP contribution in [0.25, 0.3) is 0 Å². The molecule has 0 atom stereocenters. The fourth-order valence-corrected chi connectivity index (χ4v) is 1.29. The Balaban J connectivity index is 2.70. The summed E-state index contributed by atoms with van der Waals surface area (Å²) in [5.74, 6) is 1.21. The highest BCUT2D eigenvalue weighted by Gasteiger charge is 2.11. The van der Waals surface area contributed by atoms with Gasteiger partial charge < -0.3 is 10.1 Å². The number of halogens is 3. The highest BCUT2D eigenvalue weighted by molar-refractivity contribution is 5.93. The van der Waals surface area contributed by atoms with Crippen LogP contribution in [0.4, 0.5) is 18.9 Å². The van der Waals surface area contributed by atoms with E-state index in [1.54, 1.807) is 7.11 Å². The lowest BCUT2D eigenvalue weighted by Crippen LogP contribution is -2.36. The lowest BCUT2D eigenvalue weighted by Gasteiger charge is -2.09. The minimum atomic E-state index is -1.52. The summed E-state index contributed by atoms with van der Waals surface area (Å²) in [6.45, 7) is 0.938. The predicted octanol–water partition coefficient (Wildman–Crippen LogP) is 1.37. The Kier molecular flexibility index (Phi) is 6.10. The van der Waals surface area contributed by atoms with Crippen molar-refractivity contribution in [2.45, 2.75) is 6.42 Å². The molecule has 0 unspecified atom stereocenters. The molecular formula is C11H15F3N4O. The standard InChI is InChI=1S/C11H15F3N4O/c1-19-4-2-3-16-11(18-15)17-7-5-8(12)10(14)9(13)6-7/h5-6H,2-4,15H2,1H3,(H2,16,17,18). The molecule has 0 saturated heterocycles. The highest BCUT2D eigenvalue weighted by Crippen LogP contribution is 2.17. The summed E-state index contributed by atoms with van der Waals surface area (Å²) in [7, 11) is 1.56. The molecule has 1 aromatic rings. The lowest BCUT2D eigenvalue weighted by atomic mass is 10.3. The van der Waals surface area contributed by atoms with E-state index in [4.69, 9.17) is 10.6 Å². The van der Waals surface area contributed by atoms with Crippen molar-refractivity contribution in [2.75, 3.05) is 25.6 Å². The maximum atomic E-state index is 13.0. The molecule has 1 rings (SSSR count). The first-order valence-corrected chi connectivity index (χ1v) is 5.50. The van der Waals surface area contributed by atoms with E-state index >= 15 is 0 Å². The van der Waals surface area contributed by atoms with Gasteiger partial charge in [-0.05, 0) is 6.42 Å². The molecule has 19 heavy (non-hydrogen) atoms. The van der Waals surface area contributed by atoms with Crippen molar-refractivity contribution in [1.82, 2.24) is 5.43 Å². The molecule has 0 aliphatic heterocycles. The van der Waals surface area contributed by atoms with Gasteiger partial charge in [0, 0.05) is 38.1 Å². The smallest absolute Gasteiger partial charge is 0.210 e. The summed E-state index contributed by atoms with van der Waals surface area (Å²) in [6.07, 6.45) is 0.662. The first kappa shape index (κ1) is 15.3. The number of anilines is 1. The Bertz CT molecular complexity index is 431. The van der Waals surface area contributed by atoms with Gasteiger partial charge in [0.2, 0.25) is 5.96 Å². The first-order valence-electron chi connectivity index (χ1n) is 5.50. The number of nitrogens with one attached hydrogen (secondary N) is 2. The zero-order valence-electron chi connectivity index (χ0n) is 10.3. The summed E-state index contributed by atoms with van der Waals surface area (Å²) in [6, 6.07) is 1.61. The number of rotatable bonds is 5. The lowest BCUT2D eigenvalue weighted by molar-refractivity contribution is 0.197. The van der Waals surface area contributed by atoms with Gasteiger partial charge in [0.15, 0.2) is 17.5 Å². The third kappa shape index (κ3) is 4.76. The van der Waals surface area contributed by atoms with Gasteiger partial charge in [0.05, 0.1) is 0 Å². The minimum Gasteiger partial charge on any atom is -0.385 e. The summed E-state index contributed by atoms with van der Waals surface area (Å²) >= 11 is 0. The molecule has 0 aromatic heterocycles. The van der Waals surface area contributed by atoms with Crippen LogP contribution >= 0.6 is 0 Å². The Morgan fingerprint density at radius 2 is 1.95 bits per heavy atom. The molecule has 8 heteroatoms. The second-order valence-electron chi connectivity index (χ2n) is 3.60. The number of nitrogens with two attached hydrogens (primary N) is 1.